The van der Waals surface area contributed by atoms with E-state index in [-0.39, 0.29) is 6.54 Å². The molecule has 1 saturated heterocycles. The van der Waals surface area contributed by atoms with Gasteiger partial charge in [0.25, 0.3) is 0 Å². The van der Waals surface area contributed by atoms with E-state index in [9.17, 15) is 25.2 Å². The molecule has 0 bridgehead atoms. The minimum absolute atomic E-state index is 0.243. The Kier molecular flexibility index (Phi) is 23.5. The monoisotopic (exact) mass is 619 g/mol. The number of hydrogen-bond acceptors (Lipinski definition) is 9. The summed E-state index contributed by atoms with van der Waals surface area (Å²) in [5, 5.41) is 40.9. The average molecular weight is 620 g/mol. The molecule has 4 N–H and O–H groups in total. The lowest BCUT2D eigenvalue weighted by Gasteiger charge is -2.44. The highest BCUT2D eigenvalue weighted by Gasteiger charge is 2.47. The molecule has 43 heavy (non-hydrogen) atoms. The van der Waals surface area contributed by atoms with E-state index in [4.69, 9.17) is 18.9 Å². The Morgan fingerprint density at radius 1 is 0.721 bits per heavy atom. The standard InChI is InChI=1S/C33H65NO9/c1-5-8-9-10-11-12-13-14-15-16-17-18-19-20-21-22-23-34(32-31(38)30(37)29(36)27(25-35)43-32)33(39)42-26(4)24-28(40-6-2)41-7-3/h26-32,35-38H,5-25H2,1-4H3/t26?,27-,29-,30+,31-,32?/m1/s1. The summed E-state index contributed by atoms with van der Waals surface area (Å²) >= 11 is 0. The number of aliphatic hydroxyl groups excluding tert-OH is 4. The van der Waals surface area contributed by atoms with Gasteiger partial charge >= 0.3 is 6.09 Å². The van der Waals surface area contributed by atoms with Crippen molar-refractivity contribution in [2.45, 2.75) is 180 Å². The van der Waals surface area contributed by atoms with Crippen molar-refractivity contribution < 1.29 is 44.2 Å². The van der Waals surface area contributed by atoms with Crippen LogP contribution in [0.4, 0.5) is 4.79 Å². The van der Waals surface area contributed by atoms with Crippen LogP contribution >= 0.6 is 0 Å². The molecule has 256 valence electrons. The van der Waals surface area contributed by atoms with Crippen LogP contribution in [0.5, 0.6) is 0 Å². The van der Waals surface area contributed by atoms with E-state index >= 15 is 0 Å². The Balaban J connectivity index is 2.49. The molecule has 0 aromatic carbocycles. The van der Waals surface area contributed by atoms with E-state index in [0.717, 1.165) is 19.3 Å². The summed E-state index contributed by atoms with van der Waals surface area (Å²) in [6.45, 7) is 8.32. The summed E-state index contributed by atoms with van der Waals surface area (Å²) in [5.74, 6) is 0. The number of ether oxygens (including phenoxy) is 4. The van der Waals surface area contributed by atoms with Crippen LogP contribution in [0.25, 0.3) is 0 Å². The van der Waals surface area contributed by atoms with Crippen LogP contribution in [0.3, 0.4) is 0 Å². The molecule has 1 fully saturated rings. The first kappa shape index (κ1) is 40.0. The van der Waals surface area contributed by atoms with Gasteiger partial charge < -0.3 is 39.4 Å². The Morgan fingerprint density at radius 3 is 1.63 bits per heavy atom. The smallest absolute Gasteiger partial charge is 0.412 e. The van der Waals surface area contributed by atoms with Crippen LogP contribution < -0.4 is 0 Å². The van der Waals surface area contributed by atoms with E-state index in [2.05, 4.69) is 6.92 Å². The number of nitrogens with zero attached hydrogens (tertiary/aromatic N) is 1. The lowest BCUT2D eigenvalue weighted by molar-refractivity contribution is -0.260. The van der Waals surface area contributed by atoms with Crippen molar-refractivity contribution in [3.05, 3.63) is 0 Å². The summed E-state index contributed by atoms with van der Waals surface area (Å²) in [7, 11) is 0. The first-order chi connectivity index (χ1) is 20.8. The van der Waals surface area contributed by atoms with Crippen LogP contribution in [0, 0.1) is 0 Å². The molecule has 0 saturated carbocycles. The topological polar surface area (TPSA) is 138 Å². The van der Waals surface area contributed by atoms with Gasteiger partial charge in [0, 0.05) is 26.2 Å². The van der Waals surface area contributed by atoms with E-state index in [1.165, 1.54) is 81.9 Å². The van der Waals surface area contributed by atoms with Gasteiger partial charge in [0.1, 0.15) is 30.5 Å². The van der Waals surface area contributed by atoms with Gasteiger partial charge in [0.05, 0.1) is 6.61 Å². The van der Waals surface area contributed by atoms with Crippen molar-refractivity contribution in [3.63, 3.8) is 0 Å². The van der Waals surface area contributed by atoms with Crippen molar-refractivity contribution in [3.8, 4) is 0 Å². The van der Waals surface area contributed by atoms with Gasteiger partial charge in [-0.1, -0.05) is 103 Å². The molecular formula is C33H65NO9. The molecule has 1 aliphatic rings. The van der Waals surface area contributed by atoms with Gasteiger partial charge in [-0.3, -0.25) is 4.90 Å². The second-order valence-corrected chi connectivity index (χ2v) is 12.0. The second-order valence-electron chi connectivity index (χ2n) is 12.0. The van der Waals surface area contributed by atoms with Gasteiger partial charge in [0.15, 0.2) is 12.5 Å². The molecule has 0 spiro atoms. The number of hydrogen-bond donors (Lipinski definition) is 4. The highest BCUT2D eigenvalue weighted by Crippen LogP contribution is 2.25. The summed E-state index contributed by atoms with van der Waals surface area (Å²) in [5.41, 5.74) is 0. The van der Waals surface area contributed by atoms with Crippen molar-refractivity contribution >= 4 is 6.09 Å². The molecular weight excluding hydrogens is 554 g/mol. The minimum atomic E-state index is -1.57. The van der Waals surface area contributed by atoms with Gasteiger partial charge in [-0.15, -0.1) is 0 Å². The van der Waals surface area contributed by atoms with Gasteiger partial charge in [-0.2, -0.15) is 0 Å². The Morgan fingerprint density at radius 2 is 1.19 bits per heavy atom. The molecule has 0 aromatic rings. The predicted molar refractivity (Wildman–Crippen MR) is 168 cm³/mol. The number of rotatable bonds is 26. The molecule has 10 nitrogen and oxygen atoms in total. The highest BCUT2D eigenvalue weighted by atomic mass is 16.7. The first-order valence-corrected chi connectivity index (χ1v) is 17.3. The summed E-state index contributed by atoms with van der Waals surface area (Å²) in [6.07, 6.45) is 11.3. The zero-order chi connectivity index (χ0) is 31.9. The van der Waals surface area contributed by atoms with Gasteiger partial charge in [-0.25, -0.2) is 4.79 Å². The normalized spacial score (nSPS) is 23.0. The molecule has 0 aliphatic carbocycles. The Bertz CT molecular complexity index is 662. The predicted octanol–water partition coefficient (Wildman–Crippen LogP) is 5.66. The number of amides is 1. The molecule has 10 heteroatoms. The van der Waals surface area contributed by atoms with Gasteiger partial charge in [-0.05, 0) is 27.2 Å². The maximum atomic E-state index is 13.3. The van der Waals surface area contributed by atoms with E-state index in [1.807, 2.05) is 13.8 Å². The van der Waals surface area contributed by atoms with Crippen molar-refractivity contribution in [2.75, 3.05) is 26.4 Å². The molecule has 0 radical (unpaired) electrons. The first-order valence-electron chi connectivity index (χ1n) is 17.3. The van der Waals surface area contributed by atoms with Crippen molar-refractivity contribution in [2.24, 2.45) is 0 Å². The second kappa shape index (κ2) is 25.2. The van der Waals surface area contributed by atoms with Crippen molar-refractivity contribution in [1.29, 1.82) is 0 Å². The van der Waals surface area contributed by atoms with Crippen molar-refractivity contribution in [1.82, 2.24) is 4.90 Å². The molecule has 6 atom stereocenters. The summed E-state index contributed by atoms with van der Waals surface area (Å²) in [6, 6.07) is 0. The fraction of sp³-hybridized carbons (Fsp3) is 0.970. The maximum absolute atomic E-state index is 13.3. The van der Waals surface area contributed by atoms with Crippen LogP contribution in [0.1, 0.15) is 137 Å². The third-order valence-electron chi connectivity index (χ3n) is 8.19. The third-order valence-corrected chi connectivity index (χ3v) is 8.19. The molecule has 1 amide bonds. The molecule has 1 aliphatic heterocycles. The molecule has 1 rings (SSSR count). The summed E-state index contributed by atoms with van der Waals surface area (Å²) in [4.78, 5) is 14.6. The van der Waals surface area contributed by atoms with Crippen LogP contribution in [-0.2, 0) is 18.9 Å². The lowest BCUT2D eigenvalue weighted by Crippen LogP contribution is -2.64. The Labute approximate surface area is 261 Å². The Hall–Kier alpha value is -1.01. The van der Waals surface area contributed by atoms with Crippen LogP contribution in [0.15, 0.2) is 0 Å². The maximum Gasteiger partial charge on any atom is 0.412 e. The molecule has 0 aromatic heterocycles. The zero-order valence-electron chi connectivity index (χ0n) is 27.7. The SMILES string of the molecule is CCCCCCCCCCCCCCCCCCN(C(=O)OC(C)CC(OCC)OCC)C1O[C@H](CO)[C@@H](O)[C@H](O)[C@H]1O. The lowest BCUT2D eigenvalue weighted by atomic mass is 9.97. The number of aliphatic hydroxyl groups is 4. The van der Waals surface area contributed by atoms with Crippen LogP contribution in [0.2, 0.25) is 0 Å². The molecule has 1 heterocycles. The third kappa shape index (κ3) is 16.8. The largest absolute Gasteiger partial charge is 0.446 e. The summed E-state index contributed by atoms with van der Waals surface area (Å²) < 4.78 is 22.5. The van der Waals surface area contributed by atoms with E-state index in [1.54, 1.807) is 6.92 Å². The van der Waals surface area contributed by atoms with E-state index in [0.29, 0.717) is 26.1 Å². The zero-order valence-corrected chi connectivity index (χ0v) is 27.7. The quantitative estimate of drug-likeness (QED) is 0.0713. The fourth-order valence-corrected chi connectivity index (χ4v) is 5.61. The number of carbonyl (C=O) groups is 1. The molecule has 2 unspecified atom stereocenters. The number of unbranched alkanes of at least 4 members (excludes halogenated alkanes) is 15. The van der Waals surface area contributed by atoms with E-state index < -0.39 is 55.7 Å². The average Bonchev–Trinajstić information content (AvgIpc) is 2.98. The number of carbonyl (C=O) groups excluding carboxylic acids is 1. The minimum Gasteiger partial charge on any atom is -0.446 e. The van der Waals surface area contributed by atoms with Gasteiger partial charge in [0.2, 0.25) is 0 Å². The highest BCUT2D eigenvalue weighted by molar-refractivity contribution is 5.68. The van der Waals surface area contributed by atoms with Crippen LogP contribution in [-0.4, -0.2) is 101 Å². The fourth-order valence-electron chi connectivity index (χ4n) is 5.61.